The quantitative estimate of drug-likeness (QED) is 0.661. The number of fused-ring (bicyclic) bond motifs is 1. The number of carbonyl (C=O) groups excluding carboxylic acids is 1. The van der Waals surface area contributed by atoms with E-state index in [2.05, 4.69) is 15.3 Å². The zero-order chi connectivity index (χ0) is 17.3. The fraction of sp³-hybridized carbons (Fsp3) is 0.312. The standard InChI is InChI=1S/C16H15N5O3/c1-9-18-14-4-2-10(7-15(14)19-9)16(22)20-13-5-3-12(21(23)24)6-11(13)8-17/h3,5-6,10H,2,4,7H2,1H3,(H,18,19)(H,20,22). The molecule has 1 amide bonds. The molecule has 0 radical (unpaired) electrons. The summed E-state index contributed by atoms with van der Waals surface area (Å²) < 4.78 is 0. The summed E-state index contributed by atoms with van der Waals surface area (Å²) in [6, 6.07) is 5.71. The maximum atomic E-state index is 12.5. The number of aromatic amines is 1. The van der Waals surface area contributed by atoms with Crippen molar-refractivity contribution in [3.05, 3.63) is 51.1 Å². The lowest BCUT2D eigenvalue weighted by Gasteiger charge is -2.20. The van der Waals surface area contributed by atoms with Crippen molar-refractivity contribution in [1.29, 1.82) is 5.26 Å². The van der Waals surface area contributed by atoms with Crippen LogP contribution in [0.3, 0.4) is 0 Å². The minimum absolute atomic E-state index is 0.0754. The lowest BCUT2D eigenvalue weighted by Crippen LogP contribution is -2.28. The Balaban J connectivity index is 1.76. The summed E-state index contributed by atoms with van der Waals surface area (Å²) in [5.74, 6) is 0.417. The third kappa shape index (κ3) is 2.96. The summed E-state index contributed by atoms with van der Waals surface area (Å²) in [5.41, 5.74) is 2.17. The Morgan fingerprint density at radius 3 is 3.04 bits per heavy atom. The number of anilines is 1. The Morgan fingerprint density at radius 2 is 2.33 bits per heavy atom. The number of nitro benzene ring substituents is 1. The zero-order valence-corrected chi connectivity index (χ0v) is 13.0. The second kappa shape index (κ2) is 6.12. The Kier molecular flexibility index (Phi) is 4.00. The monoisotopic (exact) mass is 325 g/mol. The van der Waals surface area contributed by atoms with Gasteiger partial charge in [0.1, 0.15) is 11.9 Å². The molecule has 1 atom stereocenters. The van der Waals surface area contributed by atoms with E-state index in [4.69, 9.17) is 5.26 Å². The predicted molar refractivity (Wildman–Crippen MR) is 85.3 cm³/mol. The summed E-state index contributed by atoms with van der Waals surface area (Å²) in [6.45, 7) is 1.88. The van der Waals surface area contributed by atoms with Crippen molar-refractivity contribution in [2.45, 2.75) is 26.2 Å². The summed E-state index contributed by atoms with van der Waals surface area (Å²) in [5, 5.41) is 22.6. The minimum Gasteiger partial charge on any atom is -0.346 e. The molecule has 0 saturated carbocycles. The number of aromatic nitrogens is 2. The van der Waals surface area contributed by atoms with Gasteiger partial charge in [-0.3, -0.25) is 14.9 Å². The molecular weight excluding hydrogens is 310 g/mol. The summed E-state index contributed by atoms with van der Waals surface area (Å²) in [7, 11) is 0. The van der Waals surface area contributed by atoms with Crippen molar-refractivity contribution in [2.75, 3.05) is 5.32 Å². The van der Waals surface area contributed by atoms with Crippen molar-refractivity contribution < 1.29 is 9.72 Å². The minimum atomic E-state index is -0.574. The molecule has 3 rings (SSSR count). The van der Waals surface area contributed by atoms with Gasteiger partial charge in [0, 0.05) is 30.2 Å². The molecule has 2 aromatic rings. The fourth-order valence-electron chi connectivity index (χ4n) is 2.93. The van der Waals surface area contributed by atoms with Crippen LogP contribution < -0.4 is 5.32 Å². The molecule has 1 unspecified atom stereocenters. The van der Waals surface area contributed by atoms with Gasteiger partial charge < -0.3 is 10.3 Å². The molecular formula is C16H15N5O3. The van der Waals surface area contributed by atoms with Gasteiger partial charge in [-0.2, -0.15) is 5.26 Å². The number of aryl methyl sites for hydroxylation is 2. The van der Waals surface area contributed by atoms with E-state index in [1.54, 1.807) is 0 Å². The van der Waals surface area contributed by atoms with Crippen LogP contribution in [-0.4, -0.2) is 20.8 Å². The molecule has 1 aromatic carbocycles. The highest BCUT2D eigenvalue weighted by atomic mass is 16.6. The van der Waals surface area contributed by atoms with Gasteiger partial charge in [-0.15, -0.1) is 0 Å². The Morgan fingerprint density at radius 1 is 1.54 bits per heavy atom. The number of imidazole rings is 1. The fourth-order valence-corrected chi connectivity index (χ4v) is 2.93. The van der Waals surface area contributed by atoms with Crippen molar-refractivity contribution in [1.82, 2.24) is 9.97 Å². The second-order valence-electron chi connectivity index (χ2n) is 5.78. The molecule has 1 aliphatic carbocycles. The maximum absolute atomic E-state index is 12.5. The van der Waals surface area contributed by atoms with Crippen molar-refractivity contribution in [3.8, 4) is 6.07 Å². The lowest BCUT2D eigenvalue weighted by atomic mass is 9.89. The van der Waals surface area contributed by atoms with Gasteiger partial charge in [-0.05, 0) is 25.8 Å². The van der Waals surface area contributed by atoms with Crippen LogP contribution in [-0.2, 0) is 17.6 Å². The smallest absolute Gasteiger partial charge is 0.270 e. The van der Waals surface area contributed by atoms with Crippen LogP contribution in [0.1, 0.15) is 29.2 Å². The van der Waals surface area contributed by atoms with Gasteiger partial charge in [-0.1, -0.05) is 0 Å². The van der Waals surface area contributed by atoms with E-state index >= 15 is 0 Å². The van der Waals surface area contributed by atoms with E-state index in [0.29, 0.717) is 18.5 Å². The number of carbonyl (C=O) groups is 1. The normalized spacial score (nSPS) is 16.1. The molecule has 0 spiro atoms. The highest BCUT2D eigenvalue weighted by Crippen LogP contribution is 2.27. The van der Waals surface area contributed by atoms with Crippen LogP contribution in [0.2, 0.25) is 0 Å². The Hall–Kier alpha value is -3.21. The Bertz CT molecular complexity index is 865. The lowest BCUT2D eigenvalue weighted by molar-refractivity contribution is -0.384. The van der Waals surface area contributed by atoms with Gasteiger partial charge in [0.05, 0.1) is 21.9 Å². The van der Waals surface area contributed by atoms with Crippen LogP contribution in [0.15, 0.2) is 18.2 Å². The Labute approximate surface area is 137 Å². The molecule has 2 N–H and O–H groups in total. The molecule has 8 heteroatoms. The first kappa shape index (κ1) is 15.7. The second-order valence-corrected chi connectivity index (χ2v) is 5.78. The molecule has 122 valence electrons. The number of benzene rings is 1. The molecule has 8 nitrogen and oxygen atoms in total. The summed E-state index contributed by atoms with van der Waals surface area (Å²) in [6.07, 6.45) is 1.97. The number of rotatable bonds is 3. The molecule has 1 aliphatic rings. The van der Waals surface area contributed by atoms with E-state index in [1.807, 2.05) is 13.0 Å². The highest BCUT2D eigenvalue weighted by Gasteiger charge is 2.27. The number of nitriles is 1. The summed E-state index contributed by atoms with van der Waals surface area (Å²) in [4.78, 5) is 30.2. The predicted octanol–water partition coefficient (Wildman–Crippen LogP) is 2.24. The van der Waals surface area contributed by atoms with E-state index in [-0.39, 0.29) is 23.1 Å². The number of H-pyrrole nitrogens is 1. The first-order valence-corrected chi connectivity index (χ1v) is 7.51. The van der Waals surface area contributed by atoms with Gasteiger partial charge in [-0.25, -0.2) is 4.98 Å². The average molecular weight is 325 g/mol. The SMILES string of the molecule is Cc1nc2c([nH]1)CC(C(=O)Nc1ccc([N+](=O)[O-])cc1C#N)CC2. The van der Waals surface area contributed by atoms with Crippen LogP contribution in [0.5, 0.6) is 0 Å². The largest absolute Gasteiger partial charge is 0.346 e. The van der Waals surface area contributed by atoms with Crippen molar-refractivity contribution >= 4 is 17.3 Å². The van der Waals surface area contributed by atoms with Gasteiger partial charge in [0.25, 0.3) is 5.69 Å². The van der Waals surface area contributed by atoms with E-state index in [1.165, 1.54) is 12.1 Å². The number of nitrogens with one attached hydrogen (secondary N) is 2. The van der Waals surface area contributed by atoms with Crippen molar-refractivity contribution in [3.63, 3.8) is 0 Å². The van der Waals surface area contributed by atoms with E-state index < -0.39 is 4.92 Å². The molecule has 0 fully saturated rings. The van der Waals surface area contributed by atoms with Gasteiger partial charge in [0.2, 0.25) is 5.91 Å². The van der Waals surface area contributed by atoms with Crippen LogP contribution in [0.4, 0.5) is 11.4 Å². The zero-order valence-electron chi connectivity index (χ0n) is 13.0. The molecule has 0 aliphatic heterocycles. The van der Waals surface area contributed by atoms with E-state index in [9.17, 15) is 14.9 Å². The number of hydrogen-bond acceptors (Lipinski definition) is 5. The molecule has 0 bridgehead atoms. The maximum Gasteiger partial charge on any atom is 0.270 e. The van der Waals surface area contributed by atoms with Gasteiger partial charge in [0.15, 0.2) is 0 Å². The van der Waals surface area contributed by atoms with E-state index in [0.717, 1.165) is 29.7 Å². The van der Waals surface area contributed by atoms with Crippen LogP contribution in [0.25, 0.3) is 0 Å². The number of hydrogen-bond donors (Lipinski definition) is 2. The number of non-ortho nitro benzene ring substituents is 1. The topological polar surface area (TPSA) is 125 Å². The number of nitrogens with zero attached hydrogens (tertiary/aromatic N) is 3. The van der Waals surface area contributed by atoms with Crippen molar-refractivity contribution in [2.24, 2.45) is 5.92 Å². The van der Waals surface area contributed by atoms with Crippen LogP contribution in [0, 0.1) is 34.3 Å². The molecule has 24 heavy (non-hydrogen) atoms. The average Bonchev–Trinajstić information content (AvgIpc) is 2.93. The molecule has 1 heterocycles. The third-order valence-electron chi connectivity index (χ3n) is 4.13. The first-order valence-electron chi connectivity index (χ1n) is 7.51. The molecule has 0 saturated heterocycles. The first-order chi connectivity index (χ1) is 11.5. The molecule has 1 aromatic heterocycles. The highest BCUT2D eigenvalue weighted by molar-refractivity contribution is 5.94. The van der Waals surface area contributed by atoms with Gasteiger partial charge >= 0.3 is 0 Å². The van der Waals surface area contributed by atoms with Crippen LogP contribution >= 0.6 is 0 Å². The number of amides is 1. The third-order valence-corrected chi connectivity index (χ3v) is 4.13. The number of nitro groups is 1. The summed E-state index contributed by atoms with van der Waals surface area (Å²) >= 11 is 0.